The predicted molar refractivity (Wildman–Crippen MR) is 126 cm³/mol. The van der Waals surface area contributed by atoms with E-state index in [2.05, 4.69) is 5.32 Å². The minimum atomic E-state index is -2.70. The molecule has 1 aliphatic carbocycles. The predicted octanol–water partition coefficient (Wildman–Crippen LogP) is 5.13. The first-order chi connectivity index (χ1) is 16.1. The number of aryl methyl sites for hydroxylation is 1. The molecule has 1 aliphatic heterocycles. The third kappa shape index (κ3) is 3.56. The molecule has 1 atom stereocenters. The van der Waals surface area contributed by atoms with Gasteiger partial charge in [0.25, 0.3) is 5.56 Å². The number of anilines is 1. The fourth-order valence-corrected chi connectivity index (χ4v) is 5.46. The van der Waals surface area contributed by atoms with Gasteiger partial charge in [0.15, 0.2) is 0 Å². The Morgan fingerprint density at radius 2 is 2.00 bits per heavy atom. The van der Waals surface area contributed by atoms with E-state index in [1.807, 2.05) is 26.0 Å². The molecule has 5 rings (SSSR count). The van der Waals surface area contributed by atoms with Gasteiger partial charge >= 0.3 is 5.97 Å². The molecule has 1 fully saturated rings. The topological polar surface area (TPSA) is 73.2 Å². The number of nitrogens with one attached hydrogen (secondary N) is 1. The lowest BCUT2D eigenvalue weighted by Gasteiger charge is -2.43. The van der Waals surface area contributed by atoms with Crippen molar-refractivity contribution >= 4 is 22.6 Å². The smallest absolute Gasteiger partial charge is 0.340 e. The highest BCUT2D eigenvalue weighted by Gasteiger charge is 2.61. The van der Waals surface area contributed by atoms with Gasteiger partial charge in [-0.15, -0.1) is 0 Å². The van der Waals surface area contributed by atoms with Gasteiger partial charge in [-0.2, -0.15) is 0 Å². The van der Waals surface area contributed by atoms with Gasteiger partial charge in [0, 0.05) is 36.1 Å². The van der Waals surface area contributed by atoms with Crippen LogP contribution in [0.25, 0.3) is 10.9 Å². The molecule has 1 spiro atoms. The van der Waals surface area contributed by atoms with Crippen LogP contribution < -0.4 is 10.9 Å². The van der Waals surface area contributed by atoms with E-state index in [0.717, 1.165) is 11.1 Å². The number of esters is 1. The van der Waals surface area contributed by atoms with E-state index < -0.39 is 17.3 Å². The summed E-state index contributed by atoms with van der Waals surface area (Å²) in [5.74, 6) is -2.65. The van der Waals surface area contributed by atoms with Gasteiger partial charge in [-0.1, -0.05) is 18.2 Å². The van der Waals surface area contributed by atoms with E-state index in [4.69, 9.17) is 9.72 Å². The van der Waals surface area contributed by atoms with Gasteiger partial charge in [0.05, 0.1) is 29.1 Å². The summed E-state index contributed by atoms with van der Waals surface area (Å²) in [5, 5.41) is 3.85. The first-order valence-corrected chi connectivity index (χ1v) is 11.6. The summed E-state index contributed by atoms with van der Waals surface area (Å²) < 4.78 is 34.4. The molecule has 2 aromatic carbocycles. The van der Waals surface area contributed by atoms with Crippen molar-refractivity contribution in [2.24, 2.45) is 0 Å². The first kappa shape index (κ1) is 22.5. The van der Waals surface area contributed by atoms with Gasteiger partial charge < -0.3 is 10.1 Å². The molecule has 0 amide bonds. The summed E-state index contributed by atoms with van der Waals surface area (Å²) in [6, 6.07) is 10.5. The zero-order valence-corrected chi connectivity index (χ0v) is 19.5. The van der Waals surface area contributed by atoms with Crippen molar-refractivity contribution in [1.82, 2.24) is 9.55 Å². The molecule has 2 heterocycles. The maximum atomic E-state index is 13.8. The second-order valence-corrected chi connectivity index (χ2v) is 9.51. The van der Waals surface area contributed by atoms with Gasteiger partial charge in [-0.3, -0.25) is 9.36 Å². The quantitative estimate of drug-likeness (QED) is 0.527. The van der Waals surface area contributed by atoms with Crippen LogP contribution in [0.1, 0.15) is 66.5 Å². The lowest BCUT2D eigenvalue weighted by molar-refractivity contribution is -0.127. The van der Waals surface area contributed by atoms with Crippen molar-refractivity contribution in [2.75, 3.05) is 11.9 Å². The van der Waals surface area contributed by atoms with Gasteiger partial charge in [0.1, 0.15) is 5.82 Å². The van der Waals surface area contributed by atoms with Crippen molar-refractivity contribution in [3.8, 4) is 0 Å². The number of hydrogen-bond donors (Lipinski definition) is 1. The van der Waals surface area contributed by atoms with Crippen LogP contribution in [-0.2, 0) is 16.7 Å². The van der Waals surface area contributed by atoms with Crippen LogP contribution in [0.5, 0.6) is 0 Å². The number of rotatable bonds is 5. The molecule has 1 N–H and O–H groups in total. The van der Waals surface area contributed by atoms with Crippen molar-refractivity contribution < 1.29 is 18.3 Å². The molecular weight excluding hydrogens is 440 g/mol. The molecule has 0 unspecified atom stereocenters. The molecule has 0 saturated heterocycles. The molecule has 8 heteroatoms. The molecule has 1 saturated carbocycles. The van der Waals surface area contributed by atoms with Crippen molar-refractivity contribution in [1.29, 1.82) is 0 Å². The number of halogens is 2. The number of aromatic nitrogens is 2. The summed E-state index contributed by atoms with van der Waals surface area (Å²) in [5.41, 5.74) is 2.31. The number of carbonyl (C=O) groups excluding carboxylic acids is 1. The largest absolute Gasteiger partial charge is 0.462 e. The van der Waals surface area contributed by atoms with Crippen LogP contribution in [0.15, 0.2) is 41.2 Å². The van der Waals surface area contributed by atoms with Crippen LogP contribution in [0.3, 0.4) is 0 Å². The Hall–Kier alpha value is -3.29. The van der Waals surface area contributed by atoms with Crippen molar-refractivity contribution in [3.63, 3.8) is 0 Å². The summed E-state index contributed by atoms with van der Waals surface area (Å²) in [6.45, 7) is 6.27. The van der Waals surface area contributed by atoms with Crippen LogP contribution in [0.4, 0.5) is 14.5 Å². The van der Waals surface area contributed by atoms with Crippen LogP contribution in [0, 0.1) is 6.92 Å². The molecule has 6 nitrogen and oxygen atoms in total. The summed E-state index contributed by atoms with van der Waals surface area (Å²) in [7, 11) is 0. The number of alkyl halides is 2. The molecular formula is C26H27F2N3O3. The second-order valence-electron chi connectivity index (χ2n) is 9.51. The fourth-order valence-electron chi connectivity index (χ4n) is 5.46. The Bertz CT molecular complexity index is 1360. The van der Waals surface area contributed by atoms with E-state index in [0.29, 0.717) is 40.9 Å². The highest BCUT2D eigenvalue weighted by atomic mass is 19.3. The average molecular weight is 468 g/mol. The number of hydrogen-bond acceptors (Lipinski definition) is 5. The zero-order chi connectivity index (χ0) is 24.3. The Balaban J connectivity index is 1.59. The summed E-state index contributed by atoms with van der Waals surface area (Å²) >= 11 is 0. The molecule has 34 heavy (non-hydrogen) atoms. The monoisotopic (exact) mass is 467 g/mol. The Kier molecular flexibility index (Phi) is 5.22. The number of nitrogens with zero attached hydrogens (tertiary/aromatic N) is 2. The molecule has 178 valence electrons. The normalized spacial score (nSPS) is 18.4. The van der Waals surface area contributed by atoms with Gasteiger partial charge in [0.2, 0.25) is 5.92 Å². The second kappa shape index (κ2) is 7.89. The fraction of sp³-hybridized carbons (Fsp3) is 0.423. The van der Waals surface area contributed by atoms with Gasteiger partial charge in [-0.05, 0) is 51.0 Å². The van der Waals surface area contributed by atoms with Crippen molar-refractivity contribution in [2.45, 2.75) is 64.0 Å². The van der Waals surface area contributed by atoms with E-state index in [1.165, 1.54) is 0 Å². The molecule has 0 bridgehead atoms. The third-order valence-corrected chi connectivity index (χ3v) is 6.98. The lowest BCUT2D eigenvalue weighted by atomic mass is 9.65. The SMILES string of the molecule is CCOC(=O)c1ccccc1N[C@H](C)c1cc(C)cc2c(=O)n3c(nc12)C1(CC3)CC(F)(F)C1. The van der Waals surface area contributed by atoms with E-state index in [9.17, 15) is 18.4 Å². The Labute approximate surface area is 196 Å². The Morgan fingerprint density at radius 3 is 2.71 bits per heavy atom. The van der Waals surface area contributed by atoms with Gasteiger partial charge in [-0.25, -0.2) is 18.6 Å². The number of fused-ring (bicyclic) bond motifs is 3. The number of benzene rings is 2. The minimum Gasteiger partial charge on any atom is -0.462 e. The number of carbonyl (C=O) groups is 1. The van der Waals surface area contributed by atoms with Crippen LogP contribution >= 0.6 is 0 Å². The minimum absolute atomic E-state index is 0.184. The molecule has 0 radical (unpaired) electrons. The summed E-state index contributed by atoms with van der Waals surface area (Å²) in [4.78, 5) is 30.6. The Morgan fingerprint density at radius 1 is 1.26 bits per heavy atom. The van der Waals surface area contributed by atoms with E-state index in [1.54, 1.807) is 35.8 Å². The van der Waals surface area contributed by atoms with E-state index in [-0.39, 0.29) is 31.0 Å². The van der Waals surface area contributed by atoms with Crippen molar-refractivity contribution in [3.05, 3.63) is 69.3 Å². The lowest BCUT2D eigenvalue weighted by Crippen LogP contribution is -2.49. The molecule has 1 aromatic heterocycles. The first-order valence-electron chi connectivity index (χ1n) is 11.6. The van der Waals surface area contributed by atoms with Crippen LogP contribution in [-0.4, -0.2) is 28.0 Å². The van der Waals surface area contributed by atoms with Crippen LogP contribution in [0.2, 0.25) is 0 Å². The highest BCUT2D eigenvalue weighted by molar-refractivity contribution is 5.95. The standard InChI is InChI=1S/C26H27F2N3O3/c1-4-34-23(33)17-7-5-6-8-20(17)29-16(3)18-11-15(2)12-19-21(18)30-24-25(13-26(27,28)14-25)9-10-31(24)22(19)32/h5-8,11-12,16,29H,4,9-10,13-14H2,1-3H3/t16-/m1/s1. The molecule has 3 aromatic rings. The zero-order valence-electron chi connectivity index (χ0n) is 19.5. The summed E-state index contributed by atoms with van der Waals surface area (Å²) in [6.07, 6.45) is -0.0179. The number of ether oxygens (including phenoxy) is 1. The number of para-hydroxylation sites is 1. The molecule has 2 aliphatic rings. The average Bonchev–Trinajstić information content (AvgIpc) is 3.12. The maximum Gasteiger partial charge on any atom is 0.340 e. The van der Waals surface area contributed by atoms with E-state index >= 15 is 0 Å². The maximum absolute atomic E-state index is 13.8. The highest BCUT2D eigenvalue weighted by Crippen LogP contribution is 2.57. The third-order valence-electron chi connectivity index (χ3n) is 6.98.